The molecule has 0 saturated heterocycles. The van der Waals surface area contributed by atoms with Crippen LogP contribution >= 0.6 is 27.5 Å². The van der Waals surface area contributed by atoms with E-state index in [1.165, 1.54) is 16.4 Å². The number of sulfonamides is 1. The third-order valence-electron chi connectivity index (χ3n) is 3.82. The summed E-state index contributed by atoms with van der Waals surface area (Å²) in [6, 6.07) is 3.67. The van der Waals surface area contributed by atoms with Gasteiger partial charge in [-0.25, -0.2) is 0 Å². The molecule has 0 saturated carbocycles. The van der Waals surface area contributed by atoms with Crippen LogP contribution < -0.4 is 4.72 Å². The van der Waals surface area contributed by atoms with Gasteiger partial charge in [0.2, 0.25) is 0 Å². The molecular weight excluding hydrogens is 390 g/mol. The highest BCUT2D eigenvalue weighted by Gasteiger charge is 2.25. The SMILES string of the molecule is Cn1ncc(Cl)c1S(=O)(=O)Nc1ccc(Br)c2c1CCCC2. The Labute approximate surface area is 142 Å². The monoisotopic (exact) mass is 403 g/mol. The Morgan fingerprint density at radius 2 is 1.95 bits per heavy atom. The summed E-state index contributed by atoms with van der Waals surface area (Å²) in [6.45, 7) is 0. The molecule has 1 aromatic heterocycles. The molecule has 8 heteroatoms. The van der Waals surface area contributed by atoms with Crippen LogP contribution in [0.2, 0.25) is 5.02 Å². The summed E-state index contributed by atoms with van der Waals surface area (Å²) in [4.78, 5) is 0. The molecule has 0 unspecified atom stereocenters. The molecule has 5 nitrogen and oxygen atoms in total. The molecule has 0 radical (unpaired) electrons. The van der Waals surface area contributed by atoms with Gasteiger partial charge >= 0.3 is 0 Å². The van der Waals surface area contributed by atoms with Crippen LogP contribution in [0.15, 0.2) is 27.8 Å². The maximum atomic E-state index is 12.6. The second-order valence-corrected chi connectivity index (χ2v) is 8.15. The van der Waals surface area contributed by atoms with E-state index in [0.717, 1.165) is 35.7 Å². The lowest BCUT2D eigenvalue weighted by Gasteiger charge is -2.21. The number of hydrogen-bond donors (Lipinski definition) is 1. The molecule has 118 valence electrons. The van der Waals surface area contributed by atoms with Crippen LogP contribution in [0.1, 0.15) is 24.0 Å². The van der Waals surface area contributed by atoms with Gasteiger partial charge in [0.05, 0.1) is 16.9 Å². The number of hydrogen-bond acceptors (Lipinski definition) is 3. The first-order valence-electron chi connectivity index (χ1n) is 6.91. The maximum absolute atomic E-state index is 12.6. The summed E-state index contributed by atoms with van der Waals surface area (Å²) in [6.07, 6.45) is 5.33. The summed E-state index contributed by atoms with van der Waals surface area (Å²) in [5.74, 6) is 0. The van der Waals surface area contributed by atoms with E-state index in [9.17, 15) is 8.42 Å². The van der Waals surface area contributed by atoms with Crippen LogP contribution in [0.5, 0.6) is 0 Å². The van der Waals surface area contributed by atoms with Crippen LogP contribution in [0.25, 0.3) is 0 Å². The Bertz CT molecular complexity index is 813. The zero-order chi connectivity index (χ0) is 15.9. The lowest BCUT2D eigenvalue weighted by molar-refractivity contribution is 0.582. The van der Waals surface area contributed by atoms with Gasteiger partial charge in [-0.05, 0) is 48.9 Å². The van der Waals surface area contributed by atoms with Crippen molar-refractivity contribution < 1.29 is 8.42 Å². The third kappa shape index (κ3) is 2.77. The predicted octanol–water partition coefficient (Wildman–Crippen LogP) is 3.52. The number of fused-ring (bicyclic) bond motifs is 1. The van der Waals surface area contributed by atoms with Gasteiger partial charge in [0.15, 0.2) is 5.03 Å². The summed E-state index contributed by atoms with van der Waals surface area (Å²) in [7, 11) is -2.22. The maximum Gasteiger partial charge on any atom is 0.280 e. The quantitative estimate of drug-likeness (QED) is 0.851. The number of rotatable bonds is 3. The van der Waals surface area contributed by atoms with Crippen molar-refractivity contribution in [3.8, 4) is 0 Å². The Morgan fingerprint density at radius 3 is 2.59 bits per heavy atom. The van der Waals surface area contributed by atoms with Gasteiger partial charge in [-0.15, -0.1) is 0 Å². The van der Waals surface area contributed by atoms with Gasteiger partial charge in [0.1, 0.15) is 0 Å². The fourth-order valence-electron chi connectivity index (χ4n) is 2.81. The summed E-state index contributed by atoms with van der Waals surface area (Å²) >= 11 is 9.50. The molecule has 0 atom stereocenters. The van der Waals surface area contributed by atoms with E-state index < -0.39 is 10.0 Å². The van der Waals surface area contributed by atoms with Crippen molar-refractivity contribution in [2.24, 2.45) is 7.05 Å². The first kappa shape index (κ1) is 15.8. The number of nitrogens with one attached hydrogen (secondary N) is 1. The van der Waals surface area contributed by atoms with Crippen molar-refractivity contribution in [3.63, 3.8) is 0 Å². The van der Waals surface area contributed by atoms with Gasteiger partial charge in [0, 0.05) is 11.5 Å². The van der Waals surface area contributed by atoms with E-state index in [0.29, 0.717) is 5.69 Å². The highest BCUT2D eigenvalue weighted by Crippen LogP contribution is 2.34. The van der Waals surface area contributed by atoms with E-state index in [1.54, 1.807) is 13.1 Å². The molecule has 1 N–H and O–H groups in total. The molecule has 0 amide bonds. The number of aromatic nitrogens is 2. The minimum absolute atomic E-state index is 0.0263. The Morgan fingerprint density at radius 1 is 1.27 bits per heavy atom. The molecule has 22 heavy (non-hydrogen) atoms. The van der Waals surface area contributed by atoms with Crippen LogP contribution in [-0.4, -0.2) is 18.2 Å². The Balaban J connectivity index is 2.04. The minimum Gasteiger partial charge on any atom is -0.278 e. The third-order valence-corrected chi connectivity index (χ3v) is 6.43. The molecule has 0 spiro atoms. The molecule has 0 fully saturated rings. The van der Waals surface area contributed by atoms with Gasteiger partial charge in [-0.3, -0.25) is 9.40 Å². The van der Waals surface area contributed by atoms with E-state index in [1.807, 2.05) is 6.07 Å². The summed E-state index contributed by atoms with van der Waals surface area (Å²) < 4.78 is 30.2. The molecule has 2 aromatic rings. The molecule has 1 heterocycles. The number of nitrogens with zero attached hydrogens (tertiary/aromatic N) is 2. The van der Waals surface area contributed by atoms with Crippen molar-refractivity contribution in [2.75, 3.05) is 4.72 Å². The topological polar surface area (TPSA) is 64.0 Å². The second kappa shape index (κ2) is 5.86. The smallest absolute Gasteiger partial charge is 0.278 e. The van der Waals surface area contributed by atoms with E-state index in [2.05, 4.69) is 25.8 Å². The fraction of sp³-hybridized carbons (Fsp3) is 0.357. The van der Waals surface area contributed by atoms with Crippen LogP contribution in [0.4, 0.5) is 5.69 Å². The summed E-state index contributed by atoms with van der Waals surface area (Å²) in [5.41, 5.74) is 2.86. The van der Waals surface area contributed by atoms with E-state index in [-0.39, 0.29) is 10.0 Å². The number of aryl methyl sites for hydroxylation is 1. The van der Waals surface area contributed by atoms with Gasteiger partial charge in [-0.2, -0.15) is 13.5 Å². The van der Waals surface area contributed by atoms with Crippen LogP contribution in [-0.2, 0) is 29.9 Å². The first-order chi connectivity index (χ1) is 10.4. The van der Waals surface area contributed by atoms with Gasteiger partial charge < -0.3 is 0 Å². The molecule has 1 aliphatic rings. The highest BCUT2D eigenvalue weighted by molar-refractivity contribution is 9.10. The highest BCUT2D eigenvalue weighted by atomic mass is 79.9. The predicted molar refractivity (Wildman–Crippen MR) is 89.8 cm³/mol. The van der Waals surface area contributed by atoms with E-state index in [4.69, 9.17) is 11.6 Å². The molecule has 0 bridgehead atoms. The van der Waals surface area contributed by atoms with Crippen molar-refractivity contribution in [3.05, 3.63) is 39.0 Å². The zero-order valence-electron chi connectivity index (χ0n) is 11.9. The van der Waals surface area contributed by atoms with Crippen molar-refractivity contribution >= 4 is 43.2 Å². The molecule has 0 aliphatic heterocycles. The molecule has 1 aliphatic carbocycles. The molecule has 3 rings (SSSR count). The lowest BCUT2D eigenvalue weighted by Crippen LogP contribution is -2.19. The van der Waals surface area contributed by atoms with Crippen LogP contribution in [0.3, 0.4) is 0 Å². The summed E-state index contributed by atoms with van der Waals surface area (Å²) in [5, 5.41) is 3.97. The first-order valence-corrected chi connectivity index (χ1v) is 9.56. The van der Waals surface area contributed by atoms with Crippen molar-refractivity contribution in [1.29, 1.82) is 0 Å². The van der Waals surface area contributed by atoms with E-state index >= 15 is 0 Å². The normalized spacial score (nSPS) is 14.7. The van der Waals surface area contributed by atoms with Gasteiger partial charge in [0.25, 0.3) is 10.0 Å². The standard InChI is InChI=1S/C14H15BrClN3O2S/c1-19-14(12(16)8-17-19)22(20,21)18-13-7-6-11(15)9-4-2-3-5-10(9)13/h6-8,18H,2-5H2,1H3. The number of halogens is 2. The molecular formula is C14H15BrClN3O2S. The average molecular weight is 405 g/mol. The largest absolute Gasteiger partial charge is 0.280 e. The molecule has 1 aromatic carbocycles. The number of anilines is 1. The fourth-order valence-corrected chi connectivity index (χ4v) is 5.14. The second-order valence-electron chi connectivity index (χ2n) is 5.29. The van der Waals surface area contributed by atoms with Gasteiger partial charge in [-0.1, -0.05) is 27.5 Å². The van der Waals surface area contributed by atoms with Crippen LogP contribution in [0, 0.1) is 0 Å². The number of benzene rings is 1. The Hall–Kier alpha value is -1.05. The minimum atomic E-state index is -3.77. The average Bonchev–Trinajstić information content (AvgIpc) is 2.82. The zero-order valence-corrected chi connectivity index (χ0v) is 15.1. The van der Waals surface area contributed by atoms with Crippen molar-refractivity contribution in [1.82, 2.24) is 9.78 Å². The van der Waals surface area contributed by atoms with Crippen molar-refractivity contribution in [2.45, 2.75) is 30.7 Å². The Kier molecular flexibility index (Phi) is 4.22. The lowest BCUT2D eigenvalue weighted by atomic mass is 9.91.